The van der Waals surface area contributed by atoms with Gasteiger partial charge in [-0.05, 0) is 42.3 Å². The summed E-state index contributed by atoms with van der Waals surface area (Å²) < 4.78 is 12.1. The maximum Gasteiger partial charge on any atom is 0.200 e. The number of hydrogen-bond donors (Lipinski definition) is 0. The third-order valence-corrected chi connectivity index (χ3v) is 11.9. The quantitative estimate of drug-likeness (QED) is 0.441. The monoisotopic (exact) mass is 342 g/mol. The van der Waals surface area contributed by atoms with Gasteiger partial charge in [0, 0.05) is 26.1 Å². The van der Waals surface area contributed by atoms with E-state index < -0.39 is 8.32 Å². The van der Waals surface area contributed by atoms with Gasteiger partial charge in [0.15, 0.2) is 8.32 Å². The largest absolute Gasteiger partial charge is 0.416 e. The molecule has 0 saturated heterocycles. The van der Waals surface area contributed by atoms with Gasteiger partial charge in [-0.25, -0.2) is 0 Å². The Morgan fingerprint density at radius 2 is 1.65 bits per heavy atom. The molecule has 1 fully saturated rings. The Hall–Kier alpha value is -0.193. The highest BCUT2D eigenvalue weighted by Gasteiger charge is 2.45. The fourth-order valence-corrected chi connectivity index (χ4v) is 10.1. The molecule has 0 aliphatic heterocycles. The van der Waals surface area contributed by atoms with Crippen LogP contribution in [0.3, 0.4) is 0 Å². The van der Waals surface area contributed by atoms with Gasteiger partial charge in [-0.2, -0.15) is 0 Å². The van der Waals surface area contributed by atoms with Crippen molar-refractivity contribution >= 4 is 14.1 Å². The molecular formula is C19H38O3Si. The van der Waals surface area contributed by atoms with Crippen molar-refractivity contribution in [3.05, 3.63) is 0 Å². The summed E-state index contributed by atoms with van der Waals surface area (Å²) in [5.74, 6) is 0.541. The van der Waals surface area contributed by atoms with E-state index in [1.807, 2.05) is 0 Å². The molecule has 136 valence electrons. The van der Waals surface area contributed by atoms with Crippen molar-refractivity contribution in [1.29, 1.82) is 0 Å². The third kappa shape index (κ3) is 5.14. The van der Waals surface area contributed by atoms with E-state index in [1.54, 1.807) is 7.11 Å². The van der Waals surface area contributed by atoms with Crippen LogP contribution in [-0.4, -0.2) is 33.9 Å². The zero-order valence-corrected chi connectivity index (χ0v) is 17.4. The van der Waals surface area contributed by atoms with E-state index >= 15 is 0 Å². The van der Waals surface area contributed by atoms with E-state index in [2.05, 4.69) is 41.5 Å². The number of carbonyl (C=O) groups is 1. The molecule has 23 heavy (non-hydrogen) atoms. The molecule has 3 nitrogen and oxygen atoms in total. The zero-order chi connectivity index (χ0) is 17.6. The predicted molar refractivity (Wildman–Crippen MR) is 99.4 cm³/mol. The summed E-state index contributed by atoms with van der Waals surface area (Å²) in [6, 6.07) is 0. The first kappa shape index (κ1) is 20.9. The Balaban J connectivity index is 2.69. The summed E-state index contributed by atoms with van der Waals surface area (Å²) in [5.41, 5.74) is 1.79. The van der Waals surface area contributed by atoms with Crippen LogP contribution in [0.15, 0.2) is 0 Å². The molecule has 4 heteroatoms. The van der Waals surface area contributed by atoms with Crippen LogP contribution in [-0.2, 0) is 14.0 Å². The van der Waals surface area contributed by atoms with E-state index in [4.69, 9.17) is 9.16 Å². The second-order valence-electron chi connectivity index (χ2n) is 8.10. The summed E-state index contributed by atoms with van der Waals surface area (Å²) in [6.45, 7) is 14.6. The number of hydrogen-bond acceptors (Lipinski definition) is 3. The molecular weight excluding hydrogens is 304 g/mol. The van der Waals surface area contributed by atoms with Gasteiger partial charge < -0.3 is 9.16 Å². The van der Waals surface area contributed by atoms with Crippen LogP contribution in [0, 0.1) is 5.92 Å². The van der Waals surface area contributed by atoms with Crippen LogP contribution in [0.2, 0.25) is 16.6 Å². The lowest BCUT2D eigenvalue weighted by atomic mass is 9.95. The highest BCUT2D eigenvalue weighted by Crippen LogP contribution is 2.42. The molecule has 0 unspecified atom stereocenters. The highest BCUT2D eigenvalue weighted by atomic mass is 28.4. The van der Waals surface area contributed by atoms with E-state index in [9.17, 15) is 4.79 Å². The molecule has 0 aromatic rings. The maximum absolute atomic E-state index is 12.3. The lowest BCUT2D eigenvalue weighted by molar-refractivity contribution is -0.123. The van der Waals surface area contributed by atoms with Crippen molar-refractivity contribution in [3.63, 3.8) is 0 Å². The maximum atomic E-state index is 12.3. The minimum absolute atomic E-state index is 0.126. The van der Waals surface area contributed by atoms with Crippen LogP contribution in [0.1, 0.15) is 73.6 Å². The summed E-state index contributed by atoms with van der Waals surface area (Å²) in [7, 11) is -0.0484. The minimum Gasteiger partial charge on any atom is -0.416 e. The van der Waals surface area contributed by atoms with Gasteiger partial charge in [-0.1, -0.05) is 41.5 Å². The topological polar surface area (TPSA) is 35.5 Å². The van der Waals surface area contributed by atoms with Crippen molar-refractivity contribution in [2.75, 3.05) is 13.7 Å². The van der Waals surface area contributed by atoms with Crippen LogP contribution in [0.4, 0.5) is 0 Å². The molecule has 0 heterocycles. The molecule has 0 spiro atoms. The second-order valence-corrected chi connectivity index (χ2v) is 13.6. The van der Waals surface area contributed by atoms with Crippen molar-refractivity contribution in [3.8, 4) is 0 Å². The van der Waals surface area contributed by atoms with Crippen molar-refractivity contribution in [1.82, 2.24) is 0 Å². The van der Waals surface area contributed by atoms with Crippen LogP contribution < -0.4 is 0 Å². The van der Waals surface area contributed by atoms with Gasteiger partial charge in [0.2, 0.25) is 0 Å². The lowest BCUT2D eigenvalue weighted by Crippen LogP contribution is -2.48. The standard InChI is InChI=1S/C19H38O3Si/c1-14(2)23(15(3)4,16(5)6)22-12-11-17-13-18(21-7)9-8-10-19(17)20/h14-18H,8-13H2,1-7H3/t17-,18-/m0/s1. The number of carbonyl (C=O) groups excluding carboxylic acids is 1. The second kappa shape index (κ2) is 9.33. The first-order chi connectivity index (χ1) is 10.8. The third-order valence-electron chi connectivity index (χ3n) is 5.81. The Kier molecular flexibility index (Phi) is 8.46. The first-order valence-electron chi connectivity index (χ1n) is 9.45. The zero-order valence-electron chi connectivity index (χ0n) is 16.4. The average Bonchev–Trinajstić information content (AvgIpc) is 2.64. The summed E-state index contributed by atoms with van der Waals surface area (Å²) in [5, 5.41) is 0. The van der Waals surface area contributed by atoms with Gasteiger partial charge in [-0.15, -0.1) is 0 Å². The Morgan fingerprint density at radius 1 is 1.09 bits per heavy atom. The molecule has 0 aromatic heterocycles. The normalized spacial score (nSPS) is 23.8. The first-order valence-corrected chi connectivity index (χ1v) is 11.6. The van der Waals surface area contributed by atoms with Gasteiger partial charge >= 0.3 is 0 Å². The molecule has 0 bridgehead atoms. The van der Waals surface area contributed by atoms with Crippen molar-refractivity contribution in [2.45, 2.75) is 96.4 Å². The number of Topliss-reactive ketones (excluding diaryl/α,β-unsaturated/α-hetero) is 1. The van der Waals surface area contributed by atoms with Gasteiger partial charge in [0.25, 0.3) is 0 Å². The molecule has 0 radical (unpaired) electrons. The molecule has 1 rings (SSSR count). The molecule has 0 aromatic carbocycles. The Morgan fingerprint density at radius 3 is 2.13 bits per heavy atom. The molecule has 1 aliphatic carbocycles. The van der Waals surface area contributed by atoms with Crippen LogP contribution in [0.25, 0.3) is 0 Å². The fraction of sp³-hybridized carbons (Fsp3) is 0.947. The van der Waals surface area contributed by atoms with E-state index in [0.717, 1.165) is 32.3 Å². The average molecular weight is 343 g/mol. The Labute approximate surface area is 144 Å². The van der Waals surface area contributed by atoms with Gasteiger partial charge in [0.05, 0.1) is 6.10 Å². The summed E-state index contributed by atoms with van der Waals surface area (Å²) in [6.07, 6.45) is 4.68. The molecule has 0 amide bonds. The smallest absolute Gasteiger partial charge is 0.200 e. The number of ketones is 1. The lowest BCUT2D eigenvalue weighted by Gasteiger charge is -2.42. The number of rotatable bonds is 8. The highest BCUT2D eigenvalue weighted by molar-refractivity contribution is 6.77. The van der Waals surface area contributed by atoms with Crippen LogP contribution >= 0.6 is 0 Å². The van der Waals surface area contributed by atoms with Crippen molar-refractivity contribution < 1.29 is 14.0 Å². The fourth-order valence-electron chi connectivity index (χ4n) is 4.65. The number of methoxy groups -OCH3 is 1. The molecule has 1 aliphatic rings. The summed E-state index contributed by atoms with van der Waals surface area (Å²) in [4.78, 5) is 12.3. The SMILES string of the molecule is CO[C@H]1CCCC(=O)[C@@H](CCO[Si](C(C)C)(C(C)C)C(C)C)C1. The number of ether oxygens (including phenoxy) is 1. The minimum atomic E-state index is -1.81. The predicted octanol–water partition coefficient (Wildman–Crippen LogP) is 5.34. The van der Waals surface area contributed by atoms with Crippen molar-refractivity contribution in [2.24, 2.45) is 5.92 Å². The van der Waals surface area contributed by atoms with E-state index in [1.165, 1.54) is 0 Å². The van der Waals surface area contributed by atoms with E-state index in [0.29, 0.717) is 28.8 Å². The summed E-state index contributed by atoms with van der Waals surface area (Å²) >= 11 is 0. The van der Waals surface area contributed by atoms with Crippen LogP contribution in [0.5, 0.6) is 0 Å². The molecule has 0 N–H and O–H groups in total. The Bertz CT molecular complexity index is 344. The van der Waals surface area contributed by atoms with Gasteiger partial charge in [0.1, 0.15) is 5.78 Å². The van der Waals surface area contributed by atoms with Gasteiger partial charge in [-0.3, -0.25) is 4.79 Å². The molecule has 1 saturated carbocycles. The van der Waals surface area contributed by atoms with E-state index in [-0.39, 0.29) is 12.0 Å². The molecule has 2 atom stereocenters.